The summed E-state index contributed by atoms with van der Waals surface area (Å²) in [4.78, 5) is 0. The first-order valence-corrected chi connectivity index (χ1v) is 19.3. The number of rotatable bonds is 4. The van der Waals surface area contributed by atoms with Gasteiger partial charge >= 0.3 is 0 Å². The Morgan fingerprint density at radius 3 is 1.03 bits per heavy atom. The van der Waals surface area contributed by atoms with Crippen molar-refractivity contribution in [2.24, 2.45) is 0 Å². The van der Waals surface area contributed by atoms with E-state index < -0.39 is 16.1 Å². The van der Waals surface area contributed by atoms with Crippen LogP contribution in [0.4, 0.5) is 0 Å². The Labute approximate surface area is 195 Å². The van der Waals surface area contributed by atoms with Gasteiger partial charge < -0.3 is 4.74 Å². The summed E-state index contributed by atoms with van der Waals surface area (Å²) < 4.78 is 7.38. The Balaban J connectivity index is 2.63. The highest BCUT2D eigenvalue weighted by Crippen LogP contribution is 2.79. The smallest absolute Gasteiger partial charge is 0.0893 e. The molecule has 1 heterocycles. The fourth-order valence-corrected chi connectivity index (χ4v) is 17.6. The van der Waals surface area contributed by atoms with Crippen LogP contribution in [0.15, 0.2) is 44.6 Å². The average Bonchev–Trinajstić information content (AvgIpc) is 3.24. The van der Waals surface area contributed by atoms with E-state index in [2.05, 4.69) is 94.7 Å². The highest BCUT2D eigenvalue weighted by atomic mass is 28.3. The molecule has 174 valence electrons. The third-order valence-electron chi connectivity index (χ3n) is 10.1. The second-order valence-electron chi connectivity index (χ2n) is 12.8. The molecule has 1 saturated heterocycles. The molecule has 2 aliphatic carbocycles. The predicted molar refractivity (Wildman–Crippen MR) is 143 cm³/mol. The van der Waals surface area contributed by atoms with Gasteiger partial charge in [0.15, 0.2) is 0 Å². The molecule has 1 fully saturated rings. The zero-order valence-corrected chi connectivity index (χ0v) is 25.0. The lowest BCUT2D eigenvalue weighted by Crippen LogP contribution is -2.67. The van der Waals surface area contributed by atoms with Gasteiger partial charge in [-0.2, -0.15) is 0 Å². The van der Waals surface area contributed by atoms with Crippen LogP contribution in [0.2, 0.25) is 49.4 Å². The average molecular weight is 457 g/mol. The molecule has 0 amide bonds. The summed E-state index contributed by atoms with van der Waals surface area (Å²) in [7, 11) is -3.56. The van der Waals surface area contributed by atoms with E-state index in [0.717, 1.165) is 6.61 Å². The highest BCUT2D eigenvalue weighted by Gasteiger charge is 2.75. The standard InChI is InChI=1S/C28H48OSi2/c1-18-19(2)23(6)27(22(18)5,30(9,10)11)26(16-15-17-29-26)28(31(12,13)14)24(7)20(3)21(4)25(28)8/h15-17H2,1-14H3. The van der Waals surface area contributed by atoms with Crippen molar-refractivity contribution in [3.05, 3.63) is 44.6 Å². The molecule has 31 heavy (non-hydrogen) atoms. The molecule has 0 N–H and O–H groups in total. The van der Waals surface area contributed by atoms with E-state index in [9.17, 15) is 0 Å². The van der Waals surface area contributed by atoms with Gasteiger partial charge in [-0.1, -0.05) is 61.6 Å². The second-order valence-corrected chi connectivity index (χ2v) is 23.3. The lowest BCUT2D eigenvalue weighted by Gasteiger charge is -2.66. The molecule has 0 bridgehead atoms. The summed E-state index contributed by atoms with van der Waals surface area (Å²) >= 11 is 0. The third-order valence-corrected chi connectivity index (χ3v) is 16.9. The SMILES string of the molecule is CC1=C(C)C(C2(C3([Si](C)(C)C)C(C)=C(C)C(C)=C3C)CCCO2)([Si](C)(C)C)C(C)=C1C. The molecule has 3 rings (SSSR count). The minimum atomic E-state index is -1.78. The van der Waals surface area contributed by atoms with Gasteiger partial charge in [0, 0.05) is 16.7 Å². The van der Waals surface area contributed by atoms with E-state index in [0.29, 0.717) is 0 Å². The topological polar surface area (TPSA) is 9.23 Å². The molecule has 0 spiro atoms. The zero-order valence-electron chi connectivity index (χ0n) is 23.0. The maximum Gasteiger partial charge on any atom is 0.0893 e. The van der Waals surface area contributed by atoms with Crippen molar-refractivity contribution in [1.82, 2.24) is 0 Å². The van der Waals surface area contributed by atoms with Gasteiger partial charge in [0.1, 0.15) is 0 Å². The highest BCUT2D eigenvalue weighted by molar-refractivity contribution is 6.83. The van der Waals surface area contributed by atoms with Gasteiger partial charge in [-0.05, 0) is 90.5 Å². The monoisotopic (exact) mass is 456 g/mol. The molecule has 0 aromatic heterocycles. The summed E-state index contributed by atoms with van der Waals surface area (Å²) in [5.74, 6) is 0. The van der Waals surface area contributed by atoms with E-state index in [1.807, 2.05) is 0 Å². The van der Waals surface area contributed by atoms with Crippen LogP contribution in [0.1, 0.15) is 68.2 Å². The van der Waals surface area contributed by atoms with E-state index in [-0.39, 0.29) is 15.7 Å². The van der Waals surface area contributed by atoms with Crippen molar-refractivity contribution in [1.29, 1.82) is 0 Å². The van der Waals surface area contributed by atoms with Gasteiger partial charge in [-0.15, -0.1) is 0 Å². The minimum absolute atomic E-state index is 0.0262. The van der Waals surface area contributed by atoms with E-state index >= 15 is 0 Å². The molecule has 0 radical (unpaired) electrons. The quantitative estimate of drug-likeness (QED) is 0.383. The number of hydrogen-bond acceptors (Lipinski definition) is 1. The maximum absolute atomic E-state index is 7.38. The van der Waals surface area contributed by atoms with Crippen molar-refractivity contribution in [3.63, 3.8) is 0 Å². The van der Waals surface area contributed by atoms with Gasteiger partial charge in [-0.25, -0.2) is 0 Å². The lowest BCUT2D eigenvalue weighted by molar-refractivity contribution is -0.0396. The fourth-order valence-electron chi connectivity index (χ4n) is 9.00. The van der Waals surface area contributed by atoms with Crippen LogP contribution in [0.25, 0.3) is 0 Å². The molecular weight excluding hydrogens is 408 g/mol. The molecule has 0 aromatic carbocycles. The molecule has 0 aromatic rings. The van der Waals surface area contributed by atoms with Crippen LogP contribution in [-0.2, 0) is 4.74 Å². The van der Waals surface area contributed by atoms with Crippen LogP contribution in [0.5, 0.6) is 0 Å². The molecule has 3 heteroatoms. The van der Waals surface area contributed by atoms with E-state index in [4.69, 9.17) is 4.74 Å². The minimum Gasteiger partial charge on any atom is -0.373 e. The molecule has 0 unspecified atom stereocenters. The van der Waals surface area contributed by atoms with Gasteiger partial charge in [0.25, 0.3) is 0 Å². The normalized spacial score (nSPS) is 26.1. The van der Waals surface area contributed by atoms with Crippen molar-refractivity contribution < 1.29 is 4.74 Å². The molecule has 0 saturated carbocycles. The predicted octanol–water partition coefficient (Wildman–Crippen LogP) is 9.07. The Hall–Kier alpha value is -0.646. The summed E-state index contributed by atoms with van der Waals surface area (Å²) in [6.45, 7) is 35.9. The second kappa shape index (κ2) is 7.17. The van der Waals surface area contributed by atoms with Crippen LogP contribution < -0.4 is 0 Å². The molecular formula is C28H48OSi2. The zero-order chi connectivity index (χ0) is 23.9. The first-order chi connectivity index (χ1) is 14.0. The molecule has 1 nitrogen and oxygen atoms in total. The third kappa shape index (κ3) is 2.58. The van der Waals surface area contributed by atoms with Crippen LogP contribution in [0.3, 0.4) is 0 Å². The van der Waals surface area contributed by atoms with Gasteiger partial charge in [0.2, 0.25) is 0 Å². The molecule has 3 aliphatic rings. The van der Waals surface area contributed by atoms with Crippen molar-refractivity contribution in [3.8, 4) is 0 Å². The molecule has 1 aliphatic heterocycles. The van der Waals surface area contributed by atoms with Gasteiger partial charge in [-0.3, -0.25) is 0 Å². The van der Waals surface area contributed by atoms with Gasteiger partial charge in [0.05, 0.1) is 21.7 Å². The Morgan fingerprint density at radius 1 is 0.548 bits per heavy atom. The number of ether oxygens (including phenoxy) is 1. The lowest BCUT2D eigenvalue weighted by atomic mass is 9.65. The van der Waals surface area contributed by atoms with Crippen LogP contribution in [0, 0.1) is 0 Å². The Morgan fingerprint density at radius 2 is 0.839 bits per heavy atom. The first-order valence-electron chi connectivity index (χ1n) is 12.3. The fraction of sp³-hybridized carbons (Fsp3) is 0.714. The van der Waals surface area contributed by atoms with Crippen LogP contribution >= 0.6 is 0 Å². The maximum atomic E-state index is 7.38. The largest absolute Gasteiger partial charge is 0.373 e. The van der Waals surface area contributed by atoms with Crippen molar-refractivity contribution in [2.75, 3.05) is 6.61 Å². The Bertz CT molecular complexity index is 814. The van der Waals surface area contributed by atoms with E-state index in [1.54, 1.807) is 22.3 Å². The Kier molecular flexibility index (Phi) is 5.78. The summed E-state index contributed by atoms with van der Waals surface area (Å²) in [6, 6.07) is 0. The number of allylic oxidation sites excluding steroid dienone is 4. The number of hydrogen-bond donors (Lipinski definition) is 0. The van der Waals surface area contributed by atoms with E-state index in [1.165, 1.54) is 35.1 Å². The summed E-state index contributed by atoms with van der Waals surface area (Å²) in [5.41, 5.74) is 12.4. The first kappa shape index (κ1) is 25.0. The van der Waals surface area contributed by atoms with Crippen LogP contribution in [-0.4, -0.2) is 28.4 Å². The molecule has 0 atom stereocenters. The summed E-state index contributed by atoms with van der Waals surface area (Å²) in [6.07, 6.45) is 2.35. The van der Waals surface area contributed by atoms with Crippen molar-refractivity contribution in [2.45, 2.75) is 123 Å². The summed E-state index contributed by atoms with van der Waals surface area (Å²) in [5, 5.41) is 0.0523. The van der Waals surface area contributed by atoms with Crippen molar-refractivity contribution >= 4 is 16.1 Å².